The van der Waals surface area contributed by atoms with Crippen molar-refractivity contribution in [1.29, 1.82) is 0 Å². The number of ether oxygens (including phenoxy) is 1. The predicted octanol–water partition coefficient (Wildman–Crippen LogP) is 3.60. The third-order valence-corrected chi connectivity index (χ3v) is 6.07. The lowest BCUT2D eigenvalue weighted by Gasteiger charge is -2.27. The van der Waals surface area contributed by atoms with Crippen LogP contribution in [0.3, 0.4) is 0 Å². The number of nitrogen functional groups attached to an aromatic ring is 1. The number of nitrogens with two attached hydrogens (primary N) is 1. The summed E-state index contributed by atoms with van der Waals surface area (Å²) in [4.78, 5) is 26.5. The van der Waals surface area contributed by atoms with Crippen LogP contribution in [-0.2, 0) is 10.9 Å². The van der Waals surface area contributed by atoms with Crippen LogP contribution in [0.1, 0.15) is 16.1 Å². The number of phenols is 1. The molecule has 1 aliphatic heterocycles. The highest BCUT2D eigenvalue weighted by molar-refractivity contribution is 5.91. The number of halogens is 4. The molecular weight excluding hydrogens is 560 g/mol. The van der Waals surface area contributed by atoms with E-state index in [1.54, 1.807) is 17.0 Å². The van der Waals surface area contributed by atoms with Crippen LogP contribution in [0.15, 0.2) is 67.0 Å². The number of phenolic OH excluding ortho intramolecular Hbond substituents is 1. The van der Waals surface area contributed by atoms with E-state index >= 15 is 0 Å². The fraction of sp³-hybridized carbons (Fsp3) is 0.185. The Hall–Kier alpha value is -5.02. The van der Waals surface area contributed by atoms with E-state index in [0.717, 1.165) is 18.3 Å². The quantitative estimate of drug-likeness (QED) is 0.0908. The standard InChI is InChI=1S/C27H24F4N8O3/c28-22-15-33-26(36-24(22)39-6-8-42-9-7-39)38-37-25(41)23-5-4-18(14-32-23)35-20-11-16(27(29,30)31)10-19(12-20)34-17-2-1-3-21(40)13-17/h1-5,10-15,34-35,40H,6-9H2,(H,37,41)(H,33,36,38)/p+1. The molecule has 11 nitrogen and oxygen atoms in total. The summed E-state index contributed by atoms with van der Waals surface area (Å²) in [5, 5.41) is 15.4. The van der Waals surface area contributed by atoms with Gasteiger partial charge in [0.2, 0.25) is 0 Å². The summed E-state index contributed by atoms with van der Waals surface area (Å²) in [5.74, 6) is -1.03. The Morgan fingerprint density at radius 3 is 2.33 bits per heavy atom. The van der Waals surface area contributed by atoms with Crippen LogP contribution in [0, 0.1) is 5.82 Å². The summed E-state index contributed by atoms with van der Waals surface area (Å²) in [7, 11) is 0. The fourth-order valence-corrected chi connectivity index (χ4v) is 4.10. The smallest absolute Gasteiger partial charge is 0.416 e. The Balaban J connectivity index is 1.25. The van der Waals surface area contributed by atoms with Crippen molar-refractivity contribution in [3.63, 3.8) is 0 Å². The Labute approximate surface area is 236 Å². The van der Waals surface area contributed by atoms with Crippen LogP contribution in [0.2, 0.25) is 0 Å². The third-order valence-electron chi connectivity index (χ3n) is 6.07. The number of hydrogen-bond acceptors (Lipinski definition) is 9. The molecule has 0 aliphatic carbocycles. The van der Waals surface area contributed by atoms with Crippen molar-refractivity contribution in [2.75, 3.05) is 41.8 Å². The zero-order valence-electron chi connectivity index (χ0n) is 21.8. The largest absolute Gasteiger partial charge is 0.508 e. The van der Waals surface area contributed by atoms with Crippen LogP contribution in [-0.4, -0.2) is 52.3 Å². The maximum atomic E-state index is 14.2. The van der Waals surface area contributed by atoms with Gasteiger partial charge in [-0.25, -0.2) is 9.37 Å². The van der Waals surface area contributed by atoms with Gasteiger partial charge in [0, 0.05) is 36.2 Å². The minimum atomic E-state index is -4.61. The Morgan fingerprint density at radius 2 is 1.67 bits per heavy atom. The van der Waals surface area contributed by atoms with Gasteiger partial charge in [-0.2, -0.15) is 34.0 Å². The van der Waals surface area contributed by atoms with Crippen molar-refractivity contribution in [1.82, 2.24) is 20.4 Å². The number of hydrogen-bond donors (Lipinski definition) is 5. The van der Waals surface area contributed by atoms with Crippen LogP contribution in [0.5, 0.6) is 5.75 Å². The van der Waals surface area contributed by atoms with Crippen LogP contribution in [0.4, 0.5) is 52.1 Å². The summed E-state index contributed by atoms with van der Waals surface area (Å²) in [6.07, 6.45) is -2.30. The van der Waals surface area contributed by atoms with Crippen molar-refractivity contribution >= 4 is 40.4 Å². The van der Waals surface area contributed by atoms with Crippen molar-refractivity contribution in [2.24, 2.45) is 0 Å². The number of anilines is 5. The topological polar surface area (TPSA) is 141 Å². The SMILES string of the molecule is O=C(N[NH2+]c1ncc(F)c(N2CCOCC2)n1)c1ccc(Nc2cc(Nc3cccc(O)c3)cc(C(F)(F)F)c2)cn1. The van der Waals surface area contributed by atoms with Gasteiger partial charge >= 0.3 is 18.0 Å². The number of aromatic hydroxyl groups is 1. The van der Waals surface area contributed by atoms with Gasteiger partial charge in [-0.3, -0.25) is 4.79 Å². The van der Waals surface area contributed by atoms with E-state index in [1.807, 2.05) is 0 Å². The zero-order valence-corrected chi connectivity index (χ0v) is 21.8. The molecule has 218 valence electrons. The molecule has 42 heavy (non-hydrogen) atoms. The van der Waals surface area contributed by atoms with Gasteiger partial charge in [-0.15, -0.1) is 0 Å². The number of nitrogens with one attached hydrogen (secondary N) is 3. The molecule has 0 spiro atoms. The molecule has 2 aromatic carbocycles. The average Bonchev–Trinajstić information content (AvgIpc) is 2.97. The minimum absolute atomic E-state index is 0.0163. The molecule has 0 unspecified atom stereocenters. The predicted molar refractivity (Wildman–Crippen MR) is 144 cm³/mol. The molecule has 2 aromatic heterocycles. The lowest BCUT2D eigenvalue weighted by molar-refractivity contribution is -0.625. The molecular formula is C27H25F4N8O3+. The Bertz CT molecular complexity index is 1560. The van der Waals surface area contributed by atoms with E-state index in [2.05, 4.69) is 31.0 Å². The molecule has 3 heterocycles. The maximum absolute atomic E-state index is 14.2. The molecule has 1 fully saturated rings. The molecule has 0 radical (unpaired) electrons. The number of morpholine rings is 1. The second-order valence-electron chi connectivity index (χ2n) is 9.15. The van der Waals surface area contributed by atoms with E-state index < -0.39 is 23.5 Å². The second-order valence-corrected chi connectivity index (χ2v) is 9.15. The van der Waals surface area contributed by atoms with E-state index in [1.165, 1.54) is 42.0 Å². The molecule has 0 atom stereocenters. The van der Waals surface area contributed by atoms with E-state index in [0.29, 0.717) is 37.7 Å². The summed E-state index contributed by atoms with van der Waals surface area (Å²) in [6.45, 7) is 1.83. The van der Waals surface area contributed by atoms with Crippen molar-refractivity contribution in [3.8, 4) is 5.75 Å². The van der Waals surface area contributed by atoms with E-state index in [-0.39, 0.29) is 34.6 Å². The first-order valence-corrected chi connectivity index (χ1v) is 12.6. The molecule has 1 aliphatic rings. The lowest BCUT2D eigenvalue weighted by atomic mass is 10.1. The van der Waals surface area contributed by atoms with Crippen LogP contribution < -0.4 is 26.4 Å². The van der Waals surface area contributed by atoms with Crippen LogP contribution >= 0.6 is 0 Å². The van der Waals surface area contributed by atoms with Gasteiger partial charge < -0.3 is 25.4 Å². The first kappa shape index (κ1) is 28.5. The first-order valence-electron chi connectivity index (χ1n) is 12.6. The highest BCUT2D eigenvalue weighted by atomic mass is 19.4. The lowest BCUT2D eigenvalue weighted by Crippen LogP contribution is -2.90. The maximum Gasteiger partial charge on any atom is 0.416 e. The number of amides is 1. The third kappa shape index (κ3) is 7.18. The molecule has 15 heteroatoms. The minimum Gasteiger partial charge on any atom is -0.508 e. The molecule has 4 aromatic rings. The second kappa shape index (κ2) is 12.2. The number of benzene rings is 2. The number of carbonyl (C=O) groups excluding carboxylic acids is 1. The summed E-state index contributed by atoms with van der Waals surface area (Å²) in [5.41, 5.74) is 3.83. The zero-order chi connectivity index (χ0) is 29.7. The number of pyridine rings is 1. The van der Waals surface area contributed by atoms with Crippen molar-refractivity contribution in [2.45, 2.75) is 6.18 Å². The highest BCUT2D eigenvalue weighted by Gasteiger charge is 2.31. The first-order chi connectivity index (χ1) is 20.1. The van der Waals surface area contributed by atoms with Gasteiger partial charge in [0.1, 0.15) is 11.4 Å². The van der Waals surface area contributed by atoms with Crippen LogP contribution in [0.25, 0.3) is 0 Å². The number of aromatic nitrogens is 3. The summed E-state index contributed by atoms with van der Waals surface area (Å²) >= 11 is 0. The molecule has 6 N–H and O–H groups in total. The molecule has 1 saturated heterocycles. The van der Waals surface area contributed by atoms with Crippen molar-refractivity contribution < 1.29 is 37.6 Å². The van der Waals surface area contributed by atoms with Gasteiger partial charge in [0.25, 0.3) is 0 Å². The summed E-state index contributed by atoms with van der Waals surface area (Å²) < 4.78 is 60.2. The van der Waals surface area contributed by atoms with Gasteiger partial charge in [0.05, 0.1) is 36.9 Å². The molecule has 0 bridgehead atoms. The highest BCUT2D eigenvalue weighted by Crippen LogP contribution is 2.35. The van der Waals surface area contributed by atoms with Gasteiger partial charge in [-0.05, 0) is 42.5 Å². The number of alkyl halides is 3. The van der Waals surface area contributed by atoms with E-state index in [9.17, 15) is 27.5 Å². The molecule has 0 saturated carbocycles. The summed E-state index contributed by atoms with van der Waals surface area (Å²) in [6, 6.07) is 12.2. The average molecular weight is 586 g/mol. The number of quaternary nitrogens is 1. The molecule has 5 rings (SSSR count). The van der Waals surface area contributed by atoms with E-state index in [4.69, 9.17) is 4.74 Å². The fourth-order valence-electron chi connectivity index (χ4n) is 4.10. The Morgan fingerprint density at radius 1 is 0.929 bits per heavy atom. The number of rotatable bonds is 8. The number of nitrogens with zero attached hydrogens (tertiary/aromatic N) is 4. The van der Waals surface area contributed by atoms with Crippen molar-refractivity contribution in [3.05, 3.63) is 84.1 Å². The Kier molecular flexibility index (Phi) is 8.31. The van der Waals surface area contributed by atoms with Gasteiger partial charge in [-0.1, -0.05) is 6.07 Å². The normalized spacial score (nSPS) is 13.5. The van der Waals surface area contributed by atoms with Gasteiger partial charge in [0.15, 0.2) is 11.6 Å². The number of carbonyl (C=O) groups is 1. The monoisotopic (exact) mass is 585 g/mol. The molecule has 1 amide bonds.